The molecule has 2 aromatic rings. The minimum absolute atomic E-state index is 0.00631. The van der Waals surface area contributed by atoms with Crippen LogP contribution >= 0.6 is 11.3 Å². The van der Waals surface area contributed by atoms with Crippen LogP contribution in [0.25, 0.3) is 0 Å². The lowest BCUT2D eigenvalue weighted by Gasteiger charge is -2.21. The summed E-state index contributed by atoms with van der Waals surface area (Å²) in [7, 11) is 1.75. The molecule has 5 heteroatoms. The molecule has 0 bridgehead atoms. The molecule has 0 atom stereocenters. The summed E-state index contributed by atoms with van der Waals surface area (Å²) in [5, 5.41) is 2.69. The van der Waals surface area contributed by atoms with Gasteiger partial charge in [-0.2, -0.15) is 0 Å². The minimum atomic E-state index is -0.200. The van der Waals surface area contributed by atoms with Crippen LogP contribution in [0.15, 0.2) is 36.4 Å². The molecule has 134 valence electrons. The van der Waals surface area contributed by atoms with Crippen LogP contribution in [0.4, 0.5) is 0 Å². The van der Waals surface area contributed by atoms with Gasteiger partial charge >= 0.3 is 0 Å². The van der Waals surface area contributed by atoms with Gasteiger partial charge in [-0.3, -0.25) is 9.59 Å². The van der Waals surface area contributed by atoms with Gasteiger partial charge in [0.2, 0.25) is 5.91 Å². The van der Waals surface area contributed by atoms with Crippen molar-refractivity contribution in [3.63, 3.8) is 0 Å². The number of aryl methyl sites for hydroxylation is 1. The molecular weight excluding hydrogens is 332 g/mol. The molecule has 0 saturated heterocycles. The summed E-state index contributed by atoms with van der Waals surface area (Å²) >= 11 is 1.42. The molecule has 1 heterocycles. The van der Waals surface area contributed by atoms with E-state index in [1.54, 1.807) is 18.0 Å². The fourth-order valence-corrected chi connectivity index (χ4v) is 3.19. The fraction of sp³-hybridized carbons (Fsp3) is 0.400. The average Bonchev–Trinajstić information content (AvgIpc) is 2.98. The number of amides is 2. The van der Waals surface area contributed by atoms with E-state index in [1.165, 1.54) is 16.9 Å². The Morgan fingerprint density at radius 1 is 1.08 bits per heavy atom. The highest BCUT2D eigenvalue weighted by atomic mass is 32.1. The predicted octanol–water partition coefficient (Wildman–Crippen LogP) is 3.74. The Labute approximate surface area is 153 Å². The molecule has 1 N–H and O–H groups in total. The van der Waals surface area contributed by atoms with Gasteiger partial charge in [-0.15, -0.1) is 11.3 Å². The van der Waals surface area contributed by atoms with E-state index in [1.807, 2.05) is 13.0 Å². The second-order valence-electron chi connectivity index (χ2n) is 7.29. The molecule has 1 aromatic heterocycles. The molecule has 4 nitrogen and oxygen atoms in total. The van der Waals surface area contributed by atoms with Gasteiger partial charge in [0.25, 0.3) is 5.91 Å². The zero-order chi connectivity index (χ0) is 18.6. The number of carbonyl (C=O) groups excluding carboxylic acids is 2. The zero-order valence-corrected chi connectivity index (χ0v) is 16.4. The van der Waals surface area contributed by atoms with Crippen LogP contribution in [0, 0.1) is 6.92 Å². The first kappa shape index (κ1) is 19.2. The van der Waals surface area contributed by atoms with Crippen LogP contribution < -0.4 is 5.32 Å². The van der Waals surface area contributed by atoms with E-state index >= 15 is 0 Å². The molecule has 25 heavy (non-hydrogen) atoms. The summed E-state index contributed by atoms with van der Waals surface area (Å²) in [6.07, 6.45) is 0. The lowest BCUT2D eigenvalue weighted by atomic mass is 9.87. The highest BCUT2D eigenvalue weighted by molar-refractivity contribution is 7.13. The molecule has 0 aliphatic heterocycles. The number of nitrogens with one attached hydrogen (secondary N) is 1. The van der Waals surface area contributed by atoms with Gasteiger partial charge in [0.05, 0.1) is 11.4 Å². The summed E-state index contributed by atoms with van der Waals surface area (Å²) in [5.74, 6) is -0.309. The van der Waals surface area contributed by atoms with Gasteiger partial charge < -0.3 is 10.2 Å². The molecule has 0 aliphatic carbocycles. The van der Waals surface area contributed by atoms with Crippen molar-refractivity contribution in [3.05, 3.63) is 57.3 Å². The van der Waals surface area contributed by atoms with Crippen LogP contribution in [0.1, 0.15) is 46.4 Å². The first-order valence-electron chi connectivity index (χ1n) is 8.35. The van der Waals surface area contributed by atoms with Crippen molar-refractivity contribution in [1.29, 1.82) is 0 Å². The molecule has 0 saturated carbocycles. The number of hydrogen-bond acceptors (Lipinski definition) is 3. The second kappa shape index (κ2) is 7.83. The van der Waals surface area contributed by atoms with E-state index in [4.69, 9.17) is 0 Å². The lowest BCUT2D eigenvalue weighted by molar-refractivity contribution is -0.129. The number of likely N-dealkylation sites (N-methyl/N-ethyl adjacent to an activating group) is 1. The molecule has 2 rings (SSSR count). The standard InChI is InChI=1S/C20H26N2O2S/c1-14-6-11-17(25-14)19(24)21-12-18(23)22(5)13-15-7-9-16(10-8-15)20(2,3)4/h6-11H,12-13H2,1-5H3,(H,21,24). The fourth-order valence-electron chi connectivity index (χ4n) is 2.41. The molecule has 0 spiro atoms. The lowest BCUT2D eigenvalue weighted by Crippen LogP contribution is -2.37. The average molecular weight is 359 g/mol. The van der Waals surface area contributed by atoms with Crippen molar-refractivity contribution in [3.8, 4) is 0 Å². The quantitative estimate of drug-likeness (QED) is 0.885. The zero-order valence-electron chi connectivity index (χ0n) is 15.6. The number of thiophene rings is 1. The topological polar surface area (TPSA) is 49.4 Å². The number of nitrogens with zero attached hydrogens (tertiary/aromatic N) is 1. The Morgan fingerprint density at radius 3 is 2.24 bits per heavy atom. The van der Waals surface area contributed by atoms with Gasteiger partial charge in [0.15, 0.2) is 0 Å². The van der Waals surface area contributed by atoms with Crippen molar-refractivity contribution >= 4 is 23.2 Å². The molecule has 0 aliphatic rings. The monoisotopic (exact) mass is 358 g/mol. The van der Waals surface area contributed by atoms with Gasteiger partial charge in [0, 0.05) is 18.5 Å². The van der Waals surface area contributed by atoms with Crippen LogP contribution in [0.3, 0.4) is 0 Å². The summed E-state index contributed by atoms with van der Waals surface area (Å²) in [4.78, 5) is 27.6. The molecule has 0 unspecified atom stereocenters. The predicted molar refractivity (Wildman–Crippen MR) is 103 cm³/mol. The van der Waals surface area contributed by atoms with E-state index < -0.39 is 0 Å². The van der Waals surface area contributed by atoms with Crippen molar-refractivity contribution in [1.82, 2.24) is 10.2 Å². The van der Waals surface area contributed by atoms with Crippen LogP contribution in [0.5, 0.6) is 0 Å². The van der Waals surface area contributed by atoms with Gasteiger partial charge in [-0.1, -0.05) is 45.0 Å². The first-order chi connectivity index (χ1) is 11.7. The van der Waals surface area contributed by atoms with E-state index in [0.717, 1.165) is 10.4 Å². The molecule has 0 fully saturated rings. The Morgan fingerprint density at radius 2 is 1.72 bits per heavy atom. The molecular formula is C20H26N2O2S. The summed E-state index contributed by atoms with van der Waals surface area (Å²) in [6, 6.07) is 12.0. The van der Waals surface area contributed by atoms with E-state index in [2.05, 4.69) is 50.4 Å². The van der Waals surface area contributed by atoms with Crippen LogP contribution in [-0.4, -0.2) is 30.3 Å². The van der Waals surface area contributed by atoms with Gasteiger partial charge in [-0.05, 0) is 35.6 Å². The third-order valence-electron chi connectivity index (χ3n) is 4.03. The smallest absolute Gasteiger partial charge is 0.261 e. The maximum absolute atomic E-state index is 12.2. The van der Waals surface area contributed by atoms with Crippen molar-refractivity contribution in [2.45, 2.75) is 39.7 Å². The molecule has 0 radical (unpaired) electrons. The molecule has 1 aromatic carbocycles. The summed E-state index contributed by atoms with van der Waals surface area (Å²) in [6.45, 7) is 9.01. The van der Waals surface area contributed by atoms with Crippen molar-refractivity contribution in [2.75, 3.05) is 13.6 Å². The largest absolute Gasteiger partial charge is 0.342 e. The summed E-state index contributed by atoms with van der Waals surface area (Å²) in [5.41, 5.74) is 2.46. The van der Waals surface area contributed by atoms with E-state index in [0.29, 0.717) is 11.4 Å². The van der Waals surface area contributed by atoms with Crippen LogP contribution in [0.2, 0.25) is 0 Å². The number of rotatable bonds is 5. The minimum Gasteiger partial charge on any atom is -0.342 e. The third-order valence-corrected chi connectivity index (χ3v) is 5.03. The van der Waals surface area contributed by atoms with Crippen molar-refractivity contribution < 1.29 is 9.59 Å². The second-order valence-corrected chi connectivity index (χ2v) is 8.58. The number of benzene rings is 1. The summed E-state index contributed by atoms with van der Waals surface area (Å²) < 4.78 is 0. The van der Waals surface area contributed by atoms with Gasteiger partial charge in [0.1, 0.15) is 0 Å². The first-order valence-corrected chi connectivity index (χ1v) is 9.16. The number of carbonyl (C=O) groups is 2. The van der Waals surface area contributed by atoms with Crippen LogP contribution in [-0.2, 0) is 16.8 Å². The Bertz CT molecular complexity index is 742. The number of hydrogen-bond donors (Lipinski definition) is 1. The Balaban J connectivity index is 1.86. The van der Waals surface area contributed by atoms with E-state index in [9.17, 15) is 9.59 Å². The Hall–Kier alpha value is -2.14. The Kier molecular flexibility index (Phi) is 6.01. The third kappa shape index (κ3) is 5.43. The van der Waals surface area contributed by atoms with E-state index in [-0.39, 0.29) is 23.8 Å². The highest BCUT2D eigenvalue weighted by Crippen LogP contribution is 2.22. The maximum atomic E-state index is 12.2. The molecule has 2 amide bonds. The maximum Gasteiger partial charge on any atom is 0.261 e. The SMILES string of the molecule is Cc1ccc(C(=O)NCC(=O)N(C)Cc2ccc(C(C)(C)C)cc2)s1. The normalized spacial score (nSPS) is 11.2. The highest BCUT2D eigenvalue weighted by Gasteiger charge is 2.15. The van der Waals surface area contributed by atoms with Gasteiger partial charge in [-0.25, -0.2) is 0 Å². The van der Waals surface area contributed by atoms with Crippen molar-refractivity contribution in [2.24, 2.45) is 0 Å².